The number of fused-ring (bicyclic) bond motifs is 2. The second-order valence-electron chi connectivity index (χ2n) is 13.2. The van der Waals surface area contributed by atoms with Gasteiger partial charge in [-0.2, -0.15) is 0 Å². The standard InChI is InChI=1S/C40H39N7O6S/c1-23-10-3-5-13-28(23)44-35-30(45-37(50)27-22-54-32-15-6-4-11-25(27)32)20-24(21-43-35)36(49)42-19-8-2-7-18-41-29-14-9-12-26-34(29)40(53)47(39(26)52)31-16-17-33(48)46-38(31)51/h3-6,9-15,20-22,31,40-41,53H,2,7-8,16-19H2,1H3,(H,42,49)(H,43,44)(H,45,50)(H,46,48,51). The van der Waals surface area contributed by atoms with Gasteiger partial charge in [-0.05, 0) is 68.5 Å². The summed E-state index contributed by atoms with van der Waals surface area (Å²) in [6.07, 6.45) is 2.62. The Morgan fingerprint density at radius 1 is 0.926 bits per heavy atom. The maximum atomic E-state index is 13.5. The number of pyridine rings is 1. The molecule has 2 unspecified atom stereocenters. The van der Waals surface area contributed by atoms with Gasteiger partial charge in [0, 0.05) is 63.7 Å². The lowest BCUT2D eigenvalue weighted by atomic mass is 10.0. The van der Waals surface area contributed by atoms with Gasteiger partial charge in [0.25, 0.3) is 17.7 Å². The fourth-order valence-corrected chi connectivity index (χ4v) is 7.70. The van der Waals surface area contributed by atoms with Crippen molar-refractivity contribution in [1.29, 1.82) is 0 Å². The summed E-state index contributed by atoms with van der Waals surface area (Å²) in [4.78, 5) is 69.6. The highest BCUT2D eigenvalue weighted by Gasteiger charge is 2.45. The van der Waals surface area contributed by atoms with Crippen molar-refractivity contribution in [2.75, 3.05) is 29.0 Å². The Morgan fingerprint density at radius 3 is 2.54 bits per heavy atom. The molecule has 5 aromatic rings. The molecule has 6 N–H and O–H groups in total. The van der Waals surface area contributed by atoms with Gasteiger partial charge in [0.05, 0.1) is 16.8 Å². The average Bonchev–Trinajstić information content (AvgIpc) is 3.71. The van der Waals surface area contributed by atoms with Crippen LogP contribution in [0.25, 0.3) is 10.1 Å². The van der Waals surface area contributed by atoms with Gasteiger partial charge in [-0.1, -0.05) is 42.5 Å². The number of rotatable bonds is 13. The number of thiophene rings is 1. The zero-order chi connectivity index (χ0) is 37.8. The number of unbranched alkanes of at least 4 members (excludes halogenated alkanes) is 2. The van der Waals surface area contributed by atoms with Crippen molar-refractivity contribution >= 4 is 73.8 Å². The van der Waals surface area contributed by atoms with Crippen LogP contribution in [0.5, 0.6) is 0 Å². The van der Waals surface area contributed by atoms with Crippen molar-refractivity contribution in [3.8, 4) is 0 Å². The van der Waals surface area contributed by atoms with E-state index in [2.05, 4.69) is 31.6 Å². The second kappa shape index (κ2) is 15.9. The van der Waals surface area contributed by atoms with Crippen molar-refractivity contribution in [3.05, 3.63) is 112 Å². The van der Waals surface area contributed by atoms with E-state index in [9.17, 15) is 29.1 Å². The van der Waals surface area contributed by atoms with E-state index >= 15 is 0 Å². The largest absolute Gasteiger partial charge is 0.385 e. The lowest BCUT2D eigenvalue weighted by Gasteiger charge is -2.32. The van der Waals surface area contributed by atoms with Crippen LogP contribution >= 0.6 is 11.3 Å². The molecule has 7 rings (SSSR count). The molecule has 2 aliphatic heterocycles. The number of carbonyl (C=O) groups excluding carboxylic acids is 5. The highest BCUT2D eigenvalue weighted by molar-refractivity contribution is 7.17. The van der Waals surface area contributed by atoms with Crippen LogP contribution in [0.2, 0.25) is 0 Å². The molecule has 3 aromatic carbocycles. The molecule has 2 atom stereocenters. The van der Waals surface area contributed by atoms with Crippen LogP contribution in [-0.2, 0) is 9.59 Å². The topological polar surface area (TPSA) is 182 Å². The second-order valence-corrected chi connectivity index (χ2v) is 14.1. The number of nitrogens with zero attached hydrogens (tertiary/aromatic N) is 2. The molecule has 1 fully saturated rings. The van der Waals surface area contributed by atoms with Crippen molar-refractivity contribution < 1.29 is 29.1 Å². The molecule has 2 aliphatic rings. The molecule has 1 saturated heterocycles. The number of carbonyl (C=O) groups is 5. The molecule has 0 spiro atoms. The Bertz CT molecular complexity index is 2270. The first-order valence-corrected chi connectivity index (χ1v) is 18.7. The zero-order valence-electron chi connectivity index (χ0n) is 29.5. The third-order valence-corrected chi connectivity index (χ3v) is 10.6. The molecule has 0 saturated carbocycles. The van der Waals surface area contributed by atoms with Gasteiger partial charge in [-0.15, -0.1) is 11.3 Å². The Kier molecular flexibility index (Phi) is 10.6. The van der Waals surface area contributed by atoms with Crippen LogP contribution in [0.4, 0.5) is 22.9 Å². The Morgan fingerprint density at radius 2 is 1.70 bits per heavy atom. The van der Waals surface area contributed by atoms with E-state index in [0.29, 0.717) is 59.0 Å². The summed E-state index contributed by atoms with van der Waals surface area (Å²) in [5, 5.41) is 28.6. The van der Waals surface area contributed by atoms with E-state index in [1.54, 1.807) is 24.3 Å². The molecule has 0 aliphatic carbocycles. The minimum Gasteiger partial charge on any atom is -0.385 e. The maximum Gasteiger partial charge on any atom is 0.257 e. The molecule has 2 aromatic heterocycles. The first-order valence-electron chi connectivity index (χ1n) is 17.8. The molecule has 14 heteroatoms. The summed E-state index contributed by atoms with van der Waals surface area (Å²) in [6.45, 7) is 2.93. The maximum absolute atomic E-state index is 13.5. The Hall–Kier alpha value is -6.12. The molecule has 0 bridgehead atoms. The Balaban J connectivity index is 0.937. The number of aryl methyl sites for hydroxylation is 1. The van der Waals surface area contributed by atoms with Crippen molar-refractivity contribution in [2.24, 2.45) is 0 Å². The van der Waals surface area contributed by atoms with E-state index in [1.807, 2.05) is 60.8 Å². The summed E-state index contributed by atoms with van der Waals surface area (Å²) in [6, 6.07) is 21.2. The Labute approximate surface area is 315 Å². The molecule has 13 nitrogen and oxygen atoms in total. The minimum atomic E-state index is -1.32. The van der Waals surface area contributed by atoms with Crippen molar-refractivity contribution in [1.82, 2.24) is 20.5 Å². The first kappa shape index (κ1) is 36.2. The first-order chi connectivity index (χ1) is 26.2. The van der Waals surface area contributed by atoms with Crippen LogP contribution in [0.1, 0.15) is 80.5 Å². The van der Waals surface area contributed by atoms with Gasteiger partial charge in [-0.3, -0.25) is 34.2 Å². The van der Waals surface area contributed by atoms with Gasteiger partial charge in [0.1, 0.15) is 6.04 Å². The predicted octanol–water partition coefficient (Wildman–Crippen LogP) is 5.86. The molecule has 4 heterocycles. The van der Waals surface area contributed by atoms with Crippen molar-refractivity contribution in [2.45, 2.75) is 51.3 Å². The SMILES string of the molecule is Cc1ccccc1Nc1ncc(C(=O)NCCCCCNc2cccc3c2C(O)N(C2CCC(=O)NC2=O)C3=O)cc1NC(=O)c1csc2ccccc12. The van der Waals surface area contributed by atoms with Crippen molar-refractivity contribution in [3.63, 3.8) is 0 Å². The minimum absolute atomic E-state index is 0.0942. The molecule has 5 amide bonds. The number of nitrogens with one attached hydrogen (secondary N) is 5. The van der Waals surface area contributed by atoms with Gasteiger partial charge in [0.2, 0.25) is 11.8 Å². The van der Waals surface area contributed by atoms with E-state index in [1.165, 1.54) is 17.5 Å². The normalized spacial score (nSPS) is 16.6. The van der Waals surface area contributed by atoms with E-state index in [-0.39, 0.29) is 24.7 Å². The fourth-order valence-electron chi connectivity index (χ4n) is 6.75. The number of anilines is 4. The van der Waals surface area contributed by atoms with Crippen LogP contribution in [-0.4, -0.2) is 63.7 Å². The van der Waals surface area contributed by atoms with Gasteiger partial charge >= 0.3 is 0 Å². The molecular weight excluding hydrogens is 707 g/mol. The predicted molar refractivity (Wildman–Crippen MR) is 207 cm³/mol. The lowest BCUT2D eigenvalue weighted by Crippen LogP contribution is -2.53. The van der Waals surface area contributed by atoms with Crippen LogP contribution < -0.4 is 26.6 Å². The van der Waals surface area contributed by atoms with Crippen LogP contribution in [0.3, 0.4) is 0 Å². The van der Waals surface area contributed by atoms with Crippen LogP contribution in [0.15, 0.2) is 84.4 Å². The number of hydrogen-bond donors (Lipinski definition) is 6. The summed E-state index contributed by atoms with van der Waals surface area (Å²) in [5.41, 5.74) is 4.35. The van der Waals surface area contributed by atoms with Gasteiger partial charge < -0.3 is 26.4 Å². The number of benzene rings is 3. The quantitative estimate of drug-likeness (QED) is 0.0635. The summed E-state index contributed by atoms with van der Waals surface area (Å²) >= 11 is 1.49. The number of aliphatic hydroxyl groups excluding tert-OH is 1. The molecule has 54 heavy (non-hydrogen) atoms. The van der Waals surface area contributed by atoms with E-state index in [4.69, 9.17) is 0 Å². The smallest absolute Gasteiger partial charge is 0.257 e. The summed E-state index contributed by atoms with van der Waals surface area (Å²) < 4.78 is 1.00. The summed E-state index contributed by atoms with van der Waals surface area (Å²) in [5.74, 6) is -1.66. The van der Waals surface area contributed by atoms with E-state index in [0.717, 1.165) is 39.1 Å². The zero-order valence-corrected chi connectivity index (χ0v) is 30.3. The number of para-hydroxylation sites is 1. The van der Waals surface area contributed by atoms with Gasteiger partial charge in [-0.25, -0.2) is 4.98 Å². The third-order valence-electron chi connectivity index (χ3n) is 9.61. The highest BCUT2D eigenvalue weighted by Crippen LogP contribution is 2.39. The summed E-state index contributed by atoms with van der Waals surface area (Å²) in [7, 11) is 0. The molecule has 0 radical (unpaired) electrons. The number of hydrogen-bond acceptors (Lipinski definition) is 10. The number of aliphatic hydroxyl groups is 1. The monoisotopic (exact) mass is 745 g/mol. The van der Waals surface area contributed by atoms with Gasteiger partial charge in [0.15, 0.2) is 12.0 Å². The molecular formula is C40H39N7O6S. The molecule has 276 valence electrons. The third kappa shape index (κ3) is 7.52. The fraction of sp³-hybridized carbons (Fsp3) is 0.250. The highest BCUT2D eigenvalue weighted by atomic mass is 32.1. The lowest BCUT2D eigenvalue weighted by molar-refractivity contribution is -0.139. The van der Waals surface area contributed by atoms with Crippen LogP contribution in [0, 0.1) is 6.92 Å². The van der Waals surface area contributed by atoms with E-state index < -0.39 is 30.0 Å². The number of amides is 5. The number of aromatic nitrogens is 1. The average molecular weight is 746 g/mol. The number of imide groups is 1. The number of piperidine rings is 1.